The fourth-order valence-electron chi connectivity index (χ4n) is 1.29. The Hall–Kier alpha value is -0.610. The third kappa shape index (κ3) is 1.03. The van der Waals surface area contributed by atoms with Crippen LogP contribution in [0.3, 0.4) is 0 Å². The second kappa shape index (κ2) is 1.83. The number of carbonyl (C=O) groups is 1. The second-order valence-electron chi connectivity index (χ2n) is 3.44. The first kappa shape index (κ1) is 8.01. The van der Waals surface area contributed by atoms with E-state index in [0.717, 1.165) is 0 Å². The number of halogens is 4. The molecule has 2 unspecified atom stereocenters. The summed E-state index contributed by atoms with van der Waals surface area (Å²) in [5, 5.41) is 0. The van der Waals surface area contributed by atoms with Crippen molar-refractivity contribution in [3.63, 3.8) is 0 Å². The zero-order valence-electron chi connectivity index (χ0n) is 5.99. The Bertz CT molecular complexity index is 224. The molecular formula is C7H6F4O. The Morgan fingerprint density at radius 2 is 1.25 bits per heavy atom. The molecule has 2 saturated carbocycles. The molecule has 0 bridgehead atoms. The van der Waals surface area contributed by atoms with Gasteiger partial charge in [0.1, 0.15) is 0 Å². The van der Waals surface area contributed by atoms with E-state index in [1.807, 2.05) is 0 Å². The van der Waals surface area contributed by atoms with Crippen molar-refractivity contribution in [3.8, 4) is 0 Å². The summed E-state index contributed by atoms with van der Waals surface area (Å²) in [5.74, 6) is -9.80. The van der Waals surface area contributed by atoms with Gasteiger partial charge >= 0.3 is 0 Å². The first-order valence-corrected chi connectivity index (χ1v) is 3.64. The molecule has 2 atom stereocenters. The van der Waals surface area contributed by atoms with Crippen LogP contribution in [0, 0.1) is 11.8 Å². The van der Waals surface area contributed by atoms with Gasteiger partial charge in [-0.2, -0.15) is 0 Å². The van der Waals surface area contributed by atoms with Crippen LogP contribution in [0.1, 0.15) is 12.8 Å². The summed E-state index contributed by atoms with van der Waals surface area (Å²) in [6, 6.07) is 0. The largest absolute Gasteiger partial charge is 0.299 e. The molecule has 0 spiro atoms. The molecule has 0 saturated heterocycles. The highest BCUT2D eigenvalue weighted by atomic mass is 19.3. The molecule has 2 fully saturated rings. The first-order chi connectivity index (χ1) is 5.34. The van der Waals surface area contributed by atoms with E-state index in [1.165, 1.54) is 0 Å². The molecule has 0 aromatic carbocycles. The van der Waals surface area contributed by atoms with Crippen LogP contribution in [0.2, 0.25) is 0 Å². The predicted octanol–water partition coefficient (Wildman–Crippen LogP) is 1.87. The number of carbonyl (C=O) groups excluding carboxylic acids is 1. The molecule has 0 aromatic heterocycles. The third-order valence-corrected chi connectivity index (χ3v) is 2.34. The molecule has 2 aliphatic carbocycles. The zero-order valence-corrected chi connectivity index (χ0v) is 5.99. The Balaban J connectivity index is 1.97. The van der Waals surface area contributed by atoms with Crippen LogP contribution in [-0.4, -0.2) is 17.6 Å². The van der Waals surface area contributed by atoms with Crippen molar-refractivity contribution in [2.24, 2.45) is 11.8 Å². The standard InChI is InChI=1S/C7H6F4O/c8-6(9)1-3(6)5(12)4-2-7(4,10)11/h3-4H,1-2H2. The number of ketones is 1. The molecule has 5 heteroatoms. The fourth-order valence-corrected chi connectivity index (χ4v) is 1.29. The Morgan fingerprint density at radius 3 is 1.42 bits per heavy atom. The molecule has 2 aliphatic rings. The van der Waals surface area contributed by atoms with Crippen LogP contribution in [0.5, 0.6) is 0 Å². The van der Waals surface area contributed by atoms with Gasteiger partial charge in [0, 0.05) is 12.8 Å². The highest BCUT2D eigenvalue weighted by Gasteiger charge is 2.70. The quantitative estimate of drug-likeness (QED) is 0.596. The summed E-state index contributed by atoms with van der Waals surface area (Å²) in [6.07, 6.45) is -1.09. The van der Waals surface area contributed by atoms with Crippen molar-refractivity contribution in [3.05, 3.63) is 0 Å². The summed E-state index contributed by atoms with van der Waals surface area (Å²) in [6.45, 7) is 0. The van der Waals surface area contributed by atoms with E-state index in [0.29, 0.717) is 0 Å². The van der Waals surface area contributed by atoms with E-state index in [4.69, 9.17) is 0 Å². The first-order valence-electron chi connectivity index (χ1n) is 3.64. The van der Waals surface area contributed by atoms with E-state index in [1.54, 1.807) is 0 Å². The second-order valence-corrected chi connectivity index (χ2v) is 3.44. The normalized spacial score (nSPS) is 40.7. The average molecular weight is 182 g/mol. The van der Waals surface area contributed by atoms with E-state index in [-0.39, 0.29) is 0 Å². The minimum Gasteiger partial charge on any atom is -0.299 e. The van der Waals surface area contributed by atoms with Gasteiger partial charge < -0.3 is 0 Å². The maximum Gasteiger partial charge on any atom is 0.258 e. The highest BCUT2D eigenvalue weighted by Crippen LogP contribution is 2.57. The van der Waals surface area contributed by atoms with Crippen LogP contribution in [-0.2, 0) is 4.79 Å². The maximum atomic E-state index is 12.2. The van der Waals surface area contributed by atoms with Crippen molar-refractivity contribution >= 4 is 5.78 Å². The van der Waals surface area contributed by atoms with E-state index >= 15 is 0 Å². The molecule has 0 amide bonds. The van der Waals surface area contributed by atoms with E-state index in [9.17, 15) is 22.4 Å². The van der Waals surface area contributed by atoms with Crippen molar-refractivity contribution in [2.75, 3.05) is 0 Å². The summed E-state index contributed by atoms with van der Waals surface area (Å²) in [7, 11) is 0. The van der Waals surface area contributed by atoms with Crippen LogP contribution < -0.4 is 0 Å². The lowest BCUT2D eigenvalue weighted by atomic mass is 10.2. The van der Waals surface area contributed by atoms with Gasteiger partial charge in [-0.15, -0.1) is 0 Å². The molecule has 0 radical (unpaired) electrons. The van der Waals surface area contributed by atoms with Gasteiger partial charge in [-0.25, -0.2) is 17.6 Å². The number of alkyl halides is 4. The SMILES string of the molecule is O=C(C1CC1(F)F)C1CC1(F)F. The smallest absolute Gasteiger partial charge is 0.258 e. The van der Waals surface area contributed by atoms with Crippen molar-refractivity contribution in [2.45, 2.75) is 24.7 Å². The van der Waals surface area contributed by atoms with Crippen LogP contribution in [0.15, 0.2) is 0 Å². The third-order valence-electron chi connectivity index (χ3n) is 2.34. The molecule has 2 rings (SSSR count). The van der Waals surface area contributed by atoms with Crippen LogP contribution in [0.4, 0.5) is 17.6 Å². The molecule has 68 valence electrons. The van der Waals surface area contributed by atoms with Crippen LogP contribution >= 0.6 is 0 Å². The topological polar surface area (TPSA) is 17.1 Å². The number of rotatable bonds is 2. The van der Waals surface area contributed by atoms with Gasteiger partial charge in [0.15, 0.2) is 5.78 Å². The number of hydrogen-bond donors (Lipinski definition) is 0. The summed E-state index contributed by atoms with van der Waals surface area (Å²) < 4.78 is 48.9. The van der Waals surface area contributed by atoms with E-state index in [2.05, 4.69) is 0 Å². The molecule has 0 heterocycles. The Morgan fingerprint density at radius 1 is 1.00 bits per heavy atom. The molecule has 0 aliphatic heterocycles. The lowest BCUT2D eigenvalue weighted by Crippen LogP contribution is -2.13. The molecule has 1 nitrogen and oxygen atoms in total. The average Bonchev–Trinajstić information content (AvgIpc) is 2.70. The minimum atomic E-state index is -3.00. The summed E-state index contributed by atoms with van der Waals surface area (Å²) in [4.78, 5) is 10.8. The van der Waals surface area contributed by atoms with E-state index < -0.39 is 42.3 Å². The van der Waals surface area contributed by atoms with Gasteiger partial charge in [-0.3, -0.25) is 4.79 Å². The zero-order chi connectivity index (χ0) is 9.15. The van der Waals surface area contributed by atoms with Crippen LogP contribution in [0.25, 0.3) is 0 Å². The monoisotopic (exact) mass is 182 g/mol. The van der Waals surface area contributed by atoms with Gasteiger partial charge in [0.2, 0.25) is 0 Å². The van der Waals surface area contributed by atoms with Gasteiger partial charge in [0.25, 0.3) is 11.8 Å². The van der Waals surface area contributed by atoms with Crippen molar-refractivity contribution in [1.29, 1.82) is 0 Å². The molecular weight excluding hydrogens is 176 g/mol. The van der Waals surface area contributed by atoms with Gasteiger partial charge in [-0.05, 0) is 0 Å². The van der Waals surface area contributed by atoms with Crippen molar-refractivity contribution < 1.29 is 22.4 Å². The van der Waals surface area contributed by atoms with Gasteiger partial charge in [-0.1, -0.05) is 0 Å². The number of hydrogen-bond acceptors (Lipinski definition) is 1. The lowest BCUT2D eigenvalue weighted by molar-refractivity contribution is -0.125. The van der Waals surface area contributed by atoms with Crippen molar-refractivity contribution in [1.82, 2.24) is 0 Å². The minimum absolute atomic E-state index is 0.543. The highest BCUT2D eigenvalue weighted by molar-refractivity contribution is 5.90. The molecule has 0 N–H and O–H groups in total. The summed E-state index contributed by atoms with van der Waals surface area (Å²) in [5.41, 5.74) is 0. The van der Waals surface area contributed by atoms with Gasteiger partial charge in [0.05, 0.1) is 11.8 Å². The maximum absolute atomic E-state index is 12.2. The predicted molar refractivity (Wildman–Crippen MR) is 31.1 cm³/mol. The number of Topliss-reactive ketones (excluding diaryl/α,β-unsaturated/α-hetero) is 1. The fraction of sp³-hybridized carbons (Fsp3) is 0.857. The Kier molecular flexibility index (Phi) is 1.22. The summed E-state index contributed by atoms with van der Waals surface area (Å²) >= 11 is 0. The lowest BCUT2D eigenvalue weighted by Gasteiger charge is -1.96. The molecule has 0 aromatic rings. The molecule has 12 heavy (non-hydrogen) atoms. The Labute approximate surface area is 65.7 Å².